The van der Waals surface area contributed by atoms with Crippen LogP contribution in [-0.2, 0) is 19.6 Å². The highest BCUT2D eigenvalue weighted by Gasteiger charge is 2.24. The zero-order chi connectivity index (χ0) is 21.1. The van der Waals surface area contributed by atoms with Gasteiger partial charge in [0, 0.05) is 14.1 Å². The molecule has 0 radical (unpaired) electrons. The highest BCUT2D eigenvalue weighted by molar-refractivity contribution is 7.89. The van der Waals surface area contributed by atoms with E-state index in [1.54, 1.807) is 0 Å². The molecule has 0 aliphatic carbocycles. The molecular formula is C18H18ClFN2O5S. The van der Waals surface area contributed by atoms with Gasteiger partial charge in [-0.2, -0.15) is 0 Å². The number of ether oxygens (including phenoxy) is 1. The van der Waals surface area contributed by atoms with Crippen molar-refractivity contribution >= 4 is 39.2 Å². The molecule has 28 heavy (non-hydrogen) atoms. The Morgan fingerprint density at radius 3 is 2.43 bits per heavy atom. The third kappa shape index (κ3) is 4.86. The summed E-state index contributed by atoms with van der Waals surface area (Å²) < 4.78 is 44.1. The molecule has 0 spiro atoms. The monoisotopic (exact) mass is 428 g/mol. The van der Waals surface area contributed by atoms with Crippen molar-refractivity contribution in [1.82, 2.24) is 4.31 Å². The number of carbonyl (C=O) groups is 2. The van der Waals surface area contributed by atoms with Crippen LogP contribution in [0.2, 0.25) is 5.02 Å². The van der Waals surface area contributed by atoms with Crippen LogP contribution in [0.5, 0.6) is 0 Å². The summed E-state index contributed by atoms with van der Waals surface area (Å²) in [4.78, 5) is 24.4. The summed E-state index contributed by atoms with van der Waals surface area (Å²) in [6.45, 7) is 1.29. The van der Waals surface area contributed by atoms with Crippen molar-refractivity contribution in [3.8, 4) is 0 Å². The molecule has 0 saturated carbocycles. The van der Waals surface area contributed by atoms with Gasteiger partial charge in [0.2, 0.25) is 10.0 Å². The predicted octanol–water partition coefficient (Wildman–Crippen LogP) is 2.91. The maximum absolute atomic E-state index is 13.6. The van der Waals surface area contributed by atoms with Gasteiger partial charge in [0.05, 0.1) is 21.2 Å². The molecule has 2 aromatic carbocycles. The molecule has 7 nitrogen and oxygen atoms in total. The van der Waals surface area contributed by atoms with E-state index in [0.29, 0.717) is 0 Å². The molecule has 0 aliphatic heterocycles. The third-order valence-electron chi connectivity index (χ3n) is 3.72. The van der Waals surface area contributed by atoms with Gasteiger partial charge in [-0.15, -0.1) is 0 Å². The predicted molar refractivity (Wildman–Crippen MR) is 102 cm³/mol. The van der Waals surface area contributed by atoms with Crippen molar-refractivity contribution in [3.05, 3.63) is 58.9 Å². The second-order valence-electron chi connectivity index (χ2n) is 5.95. The van der Waals surface area contributed by atoms with Crippen molar-refractivity contribution in [1.29, 1.82) is 0 Å². The summed E-state index contributed by atoms with van der Waals surface area (Å²) in [5.41, 5.74) is -0.275. The standard InChI is InChI=1S/C18H18ClFN2O5S/c1-11(17(23)21-16-7-5-4-6-15(16)20)27-18(24)13-10-12(8-9-14(13)19)28(25,26)22(2)3/h4-11H,1-3H3,(H,21,23)/t11-/m0/s1. The summed E-state index contributed by atoms with van der Waals surface area (Å²) in [6, 6.07) is 9.09. The lowest BCUT2D eigenvalue weighted by atomic mass is 10.2. The first-order valence-electron chi connectivity index (χ1n) is 8.02. The first-order valence-corrected chi connectivity index (χ1v) is 9.84. The van der Waals surface area contributed by atoms with E-state index in [9.17, 15) is 22.4 Å². The van der Waals surface area contributed by atoms with Gasteiger partial charge in [-0.25, -0.2) is 21.9 Å². The third-order valence-corrected chi connectivity index (χ3v) is 5.86. The van der Waals surface area contributed by atoms with Gasteiger partial charge in [0.25, 0.3) is 5.91 Å². The average Bonchev–Trinajstić information content (AvgIpc) is 2.63. The Labute approximate surface area is 167 Å². The lowest BCUT2D eigenvalue weighted by molar-refractivity contribution is -0.123. The molecule has 0 unspecified atom stereocenters. The van der Waals surface area contributed by atoms with E-state index in [2.05, 4.69) is 5.32 Å². The highest BCUT2D eigenvalue weighted by Crippen LogP contribution is 2.23. The summed E-state index contributed by atoms with van der Waals surface area (Å²) in [7, 11) is -1.11. The molecule has 1 amide bonds. The molecule has 0 bridgehead atoms. The van der Waals surface area contributed by atoms with E-state index in [1.807, 2.05) is 0 Å². The number of esters is 1. The molecule has 0 heterocycles. The lowest BCUT2D eigenvalue weighted by Gasteiger charge is -2.16. The van der Waals surface area contributed by atoms with Crippen molar-refractivity contribution in [2.24, 2.45) is 0 Å². The van der Waals surface area contributed by atoms with E-state index in [-0.39, 0.29) is 21.2 Å². The maximum Gasteiger partial charge on any atom is 0.340 e. The van der Waals surface area contributed by atoms with Gasteiger partial charge >= 0.3 is 5.97 Å². The summed E-state index contributed by atoms with van der Waals surface area (Å²) in [5, 5.41) is 2.27. The summed E-state index contributed by atoms with van der Waals surface area (Å²) in [6.07, 6.45) is -1.28. The van der Waals surface area contributed by atoms with Crippen LogP contribution in [0.1, 0.15) is 17.3 Å². The molecule has 10 heteroatoms. The van der Waals surface area contributed by atoms with Crippen LogP contribution in [0.25, 0.3) is 0 Å². The largest absolute Gasteiger partial charge is 0.449 e. The molecule has 2 rings (SSSR count). The maximum atomic E-state index is 13.6. The van der Waals surface area contributed by atoms with Gasteiger partial charge in [-0.1, -0.05) is 23.7 Å². The fourth-order valence-corrected chi connectivity index (χ4v) is 3.23. The molecular weight excluding hydrogens is 411 g/mol. The second kappa shape index (κ2) is 8.68. The number of hydrogen-bond acceptors (Lipinski definition) is 5. The number of sulfonamides is 1. The van der Waals surface area contributed by atoms with Crippen LogP contribution in [0.15, 0.2) is 47.4 Å². The quantitative estimate of drug-likeness (QED) is 0.714. The highest BCUT2D eigenvalue weighted by atomic mass is 35.5. The number of rotatable bonds is 6. The molecule has 0 aromatic heterocycles. The Kier molecular flexibility index (Phi) is 6.76. The number of anilines is 1. The van der Waals surface area contributed by atoms with Gasteiger partial charge in [-0.3, -0.25) is 4.79 Å². The minimum atomic E-state index is -3.79. The first-order chi connectivity index (χ1) is 13.0. The van der Waals surface area contributed by atoms with Crippen LogP contribution in [0.4, 0.5) is 10.1 Å². The number of amides is 1. The summed E-state index contributed by atoms with van der Waals surface area (Å²) in [5.74, 6) is -2.39. The molecule has 1 atom stereocenters. The van der Waals surface area contributed by atoms with Crippen molar-refractivity contribution in [2.75, 3.05) is 19.4 Å². The fourth-order valence-electron chi connectivity index (χ4n) is 2.11. The smallest absolute Gasteiger partial charge is 0.340 e. The van der Waals surface area contributed by atoms with E-state index < -0.39 is 33.8 Å². The summed E-state index contributed by atoms with van der Waals surface area (Å²) >= 11 is 5.97. The molecule has 0 fully saturated rings. The van der Waals surface area contributed by atoms with Crippen molar-refractivity contribution in [3.63, 3.8) is 0 Å². The first kappa shape index (κ1) is 21.8. The van der Waals surface area contributed by atoms with E-state index in [1.165, 1.54) is 57.4 Å². The van der Waals surface area contributed by atoms with E-state index in [4.69, 9.17) is 16.3 Å². The number of nitrogens with one attached hydrogen (secondary N) is 1. The van der Waals surface area contributed by atoms with Gasteiger partial charge in [0.15, 0.2) is 6.10 Å². The zero-order valence-corrected chi connectivity index (χ0v) is 16.8. The van der Waals surface area contributed by atoms with Crippen LogP contribution in [0, 0.1) is 5.82 Å². The Morgan fingerprint density at radius 2 is 1.82 bits per heavy atom. The lowest BCUT2D eigenvalue weighted by Crippen LogP contribution is -2.30. The minimum Gasteiger partial charge on any atom is -0.449 e. The van der Waals surface area contributed by atoms with Crippen LogP contribution in [-0.4, -0.2) is 44.8 Å². The number of carbonyl (C=O) groups excluding carboxylic acids is 2. The number of halogens is 2. The van der Waals surface area contributed by atoms with Crippen molar-refractivity contribution in [2.45, 2.75) is 17.9 Å². The Bertz CT molecular complexity index is 1010. The number of benzene rings is 2. The number of hydrogen-bond donors (Lipinski definition) is 1. The molecule has 0 saturated heterocycles. The number of para-hydroxylation sites is 1. The molecule has 1 N–H and O–H groups in total. The Balaban J connectivity index is 2.18. The van der Waals surface area contributed by atoms with Gasteiger partial charge in [-0.05, 0) is 37.3 Å². The zero-order valence-electron chi connectivity index (χ0n) is 15.3. The minimum absolute atomic E-state index is 0.0376. The van der Waals surface area contributed by atoms with Crippen LogP contribution in [0.3, 0.4) is 0 Å². The average molecular weight is 429 g/mol. The molecule has 2 aromatic rings. The van der Waals surface area contributed by atoms with E-state index >= 15 is 0 Å². The Morgan fingerprint density at radius 1 is 1.18 bits per heavy atom. The molecule has 0 aliphatic rings. The van der Waals surface area contributed by atoms with Crippen LogP contribution < -0.4 is 5.32 Å². The van der Waals surface area contributed by atoms with Gasteiger partial charge < -0.3 is 10.1 Å². The van der Waals surface area contributed by atoms with E-state index in [0.717, 1.165) is 10.4 Å². The SMILES string of the molecule is C[C@H](OC(=O)c1cc(S(=O)(=O)N(C)C)ccc1Cl)C(=O)Nc1ccccc1F. The molecule has 150 valence electrons. The second-order valence-corrected chi connectivity index (χ2v) is 8.50. The topological polar surface area (TPSA) is 92.8 Å². The van der Waals surface area contributed by atoms with Crippen molar-refractivity contribution < 1.29 is 27.1 Å². The normalized spacial score (nSPS) is 12.5. The van der Waals surface area contributed by atoms with Gasteiger partial charge in [0.1, 0.15) is 5.82 Å². The number of nitrogens with zero attached hydrogens (tertiary/aromatic N) is 1. The van der Waals surface area contributed by atoms with Crippen LogP contribution >= 0.6 is 11.6 Å². The Hall–Kier alpha value is -2.49. The fraction of sp³-hybridized carbons (Fsp3) is 0.222.